The molecular formula is C8H15N. The van der Waals surface area contributed by atoms with E-state index in [-0.39, 0.29) is 0 Å². The van der Waals surface area contributed by atoms with E-state index in [0.717, 1.165) is 6.54 Å². The van der Waals surface area contributed by atoms with Gasteiger partial charge in [-0.3, -0.25) is 4.90 Å². The minimum absolute atomic E-state index is 1.11. The topological polar surface area (TPSA) is 3.24 Å². The number of hydrogen-bond donors (Lipinski definition) is 0. The van der Waals surface area contributed by atoms with E-state index in [1.807, 2.05) is 0 Å². The molecule has 0 aromatic carbocycles. The molecule has 1 nitrogen and oxygen atoms in total. The van der Waals surface area contributed by atoms with Gasteiger partial charge in [-0.05, 0) is 32.9 Å². The number of rotatable bonds is 2. The fraction of sp³-hybridized carbons (Fsp3) is 0.750. The Hall–Kier alpha value is -0.300. The molecule has 1 saturated heterocycles. The lowest BCUT2D eigenvalue weighted by atomic mass is 10.3. The summed E-state index contributed by atoms with van der Waals surface area (Å²) in [6.45, 7) is 9.65. The van der Waals surface area contributed by atoms with Gasteiger partial charge in [0.25, 0.3) is 0 Å². The molecule has 1 rings (SSSR count). The van der Waals surface area contributed by atoms with Crippen molar-refractivity contribution >= 4 is 0 Å². The molecule has 52 valence electrons. The van der Waals surface area contributed by atoms with Crippen LogP contribution in [0.1, 0.15) is 19.8 Å². The van der Waals surface area contributed by atoms with E-state index in [2.05, 4.69) is 18.4 Å². The van der Waals surface area contributed by atoms with Gasteiger partial charge >= 0.3 is 0 Å². The number of likely N-dealkylation sites (tertiary alicyclic amines) is 1. The molecule has 0 spiro atoms. The Balaban J connectivity index is 2.19. The molecule has 1 heteroatoms. The van der Waals surface area contributed by atoms with E-state index in [0.29, 0.717) is 0 Å². The molecule has 0 aromatic heterocycles. The summed E-state index contributed by atoms with van der Waals surface area (Å²) >= 11 is 0. The van der Waals surface area contributed by atoms with Crippen LogP contribution in [0.2, 0.25) is 0 Å². The van der Waals surface area contributed by atoms with Crippen LogP contribution in [0.25, 0.3) is 0 Å². The minimum Gasteiger partial charge on any atom is -0.299 e. The molecule has 0 aliphatic carbocycles. The van der Waals surface area contributed by atoms with E-state index in [4.69, 9.17) is 0 Å². The maximum absolute atomic E-state index is 3.88. The van der Waals surface area contributed by atoms with Crippen LogP contribution >= 0.6 is 0 Å². The zero-order valence-corrected chi connectivity index (χ0v) is 6.19. The molecule has 0 N–H and O–H groups in total. The summed E-state index contributed by atoms with van der Waals surface area (Å²) in [7, 11) is 0. The van der Waals surface area contributed by atoms with Gasteiger partial charge in [-0.25, -0.2) is 0 Å². The third-order valence-corrected chi connectivity index (χ3v) is 1.69. The second-order valence-electron chi connectivity index (χ2n) is 2.94. The van der Waals surface area contributed by atoms with Crippen LogP contribution in [0.4, 0.5) is 0 Å². The second-order valence-corrected chi connectivity index (χ2v) is 2.94. The van der Waals surface area contributed by atoms with Crippen molar-refractivity contribution in [2.24, 2.45) is 0 Å². The maximum Gasteiger partial charge on any atom is 0.0187 e. The quantitative estimate of drug-likeness (QED) is 0.507. The van der Waals surface area contributed by atoms with Crippen LogP contribution in [0, 0.1) is 0 Å². The van der Waals surface area contributed by atoms with Crippen LogP contribution in [0.3, 0.4) is 0 Å². The molecular weight excluding hydrogens is 110 g/mol. The zero-order chi connectivity index (χ0) is 6.69. The van der Waals surface area contributed by atoms with Crippen molar-refractivity contribution in [2.45, 2.75) is 19.8 Å². The van der Waals surface area contributed by atoms with Crippen LogP contribution in [0.5, 0.6) is 0 Å². The van der Waals surface area contributed by atoms with Gasteiger partial charge in [-0.2, -0.15) is 0 Å². The molecule has 0 aromatic rings. The molecule has 0 unspecified atom stereocenters. The van der Waals surface area contributed by atoms with Gasteiger partial charge in [0, 0.05) is 6.54 Å². The Bertz CT molecular complexity index is 101. The predicted molar refractivity (Wildman–Crippen MR) is 40.5 cm³/mol. The number of hydrogen-bond acceptors (Lipinski definition) is 1. The highest BCUT2D eigenvalue weighted by molar-refractivity contribution is 4.92. The van der Waals surface area contributed by atoms with Gasteiger partial charge < -0.3 is 0 Å². The molecule has 0 bridgehead atoms. The largest absolute Gasteiger partial charge is 0.299 e. The summed E-state index contributed by atoms with van der Waals surface area (Å²) in [6, 6.07) is 0. The first kappa shape index (κ1) is 6.81. The zero-order valence-electron chi connectivity index (χ0n) is 6.19. The normalized spacial score (nSPS) is 20.6. The SMILES string of the molecule is C=C(C)CN1CCCC1. The molecule has 1 aliphatic heterocycles. The number of nitrogens with zero attached hydrogens (tertiary/aromatic N) is 1. The Morgan fingerprint density at radius 1 is 1.44 bits per heavy atom. The van der Waals surface area contributed by atoms with Crippen LogP contribution in [0.15, 0.2) is 12.2 Å². The van der Waals surface area contributed by atoms with E-state index >= 15 is 0 Å². The van der Waals surface area contributed by atoms with Crippen LogP contribution < -0.4 is 0 Å². The van der Waals surface area contributed by atoms with E-state index < -0.39 is 0 Å². The Morgan fingerprint density at radius 2 is 2.00 bits per heavy atom. The predicted octanol–water partition coefficient (Wildman–Crippen LogP) is 1.66. The van der Waals surface area contributed by atoms with E-state index in [1.54, 1.807) is 0 Å². The molecule has 1 heterocycles. The lowest BCUT2D eigenvalue weighted by Gasteiger charge is -2.13. The second kappa shape index (κ2) is 3.02. The fourth-order valence-corrected chi connectivity index (χ4v) is 1.32. The van der Waals surface area contributed by atoms with Gasteiger partial charge in [0.2, 0.25) is 0 Å². The summed E-state index contributed by atoms with van der Waals surface area (Å²) < 4.78 is 0. The van der Waals surface area contributed by atoms with E-state index in [9.17, 15) is 0 Å². The highest BCUT2D eigenvalue weighted by atomic mass is 15.1. The Kier molecular flexibility index (Phi) is 2.29. The highest BCUT2D eigenvalue weighted by Gasteiger charge is 2.09. The molecule has 0 radical (unpaired) electrons. The third kappa shape index (κ3) is 2.19. The molecule has 0 saturated carbocycles. The summed E-state index contributed by atoms with van der Waals surface area (Å²) in [5, 5.41) is 0. The Morgan fingerprint density at radius 3 is 2.44 bits per heavy atom. The highest BCUT2D eigenvalue weighted by Crippen LogP contribution is 2.08. The van der Waals surface area contributed by atoms with Gasteiger partial charge in [-0.1, -0.05) is 12.2 Å². The van der Waals surface area contributed by atoms with Gasteiger partial charge in [-0.15, -0.1) is 0 Å². The first-order valence-corrected chi connectivity index (χ1v) is 3.66. The molecule has 1 aliphatic rings. The van der Waals surface area contributed by atoms with E-state index in [1.165, 1.54) is 31.5 Å². The van der Waals surface area contributed by atoms with Crippen LogP contribution in [-0.2, 0) is 0 Å². The van der Waals surface area contributed by atoms with Crippen molar-refractivity contribution in [3.63, 3.8) is 0 Å². The van der Waals surface area contributed by atoms with Crippen LogP contribution in [-0.4, -0.2) is 24.5 Å². The average molecular weight is 125 g/mol. The van der Waals surface area contributed by atoms with Crippen molar-refractivity contribution in [1.82, 2.24) is 4.90 Å². The summed E-state index contributed by atoms with van der Waals surface area (Å²) in [4.78, 5) is 2.46. The summed E-state index contributed by atoms with van der Waals surface area (Å²) in [5.74, 6) is 0. The minimum atomic E-state index is 1.11. The van der Waals surface area contributed by atoms with Gasteiger partial charge in [0.15, 0.2) is 0 Å². The first-order chi connectivity index (χ1) is 4.29. The van der Waals surface area contributed by atoms with Gasteiger partial charge in [0.05, 0.1) is 0 Å². The Labute approximate surface area is 57.4 Å². The monoisotopic (exact) mass is 125 g/mol. The smallest absolute Gasteiger partial charge is 0.0187 e. The van der Waals surface area contributed by atoms with Crippen molar-refractivity contribution in [3.05, 3.63) is 12.2 Å². The van der Waals surface area contributed by atoms with Crippen molar-refractivity contribution in [3.8, 4) is 0 Å². The summed E-state index contributed by atoms with van der Waals surface area (Å²) in [6.07, 6.45) is 2.76. The lowest BCUT2D eigenvalue weighted by Crippen LogP contribution is -2.20. The maximum atomic E-state index is 3.88. The molecule has 0 amide bonds. The van der Waals surface area contributed by atoms with Crippen molar-refractivity contribution in [1.29, 1.82) is 0 Å². The standard InChI is InChI=1S/C8H15N/c1-8(2)7-9-5-3-4-6-9/h1,3-7H2,2H3. The van der Waals surface area contributed by atoms with Gasteiger partial charge in [0.1, 0.15) is 0 Å². The van der Waals surface area contributed by atoms with Crippen molar-refractivity contribution < 1.29 is 0 Å². The van der Waals surface area contributed by atoms with Crippen molar-refractivity contribution in [2.75, 3.05) is 19.6 Å². The lowest BCUT2D eigenvalue weighted by molar-refractivity contribution is 0.369. The first-order valence-electron chi connectivity index (χ1n) is 3.66. The molecule has 9 heavy (non-hydrogen) atoms. The fourth-order valence-electron chi connectivity index (χ4n) is 1.32. The molecule has 1 fully saturated rings. The third-order valence-electron chi connectivity index (χ3n) is 1.69. The average Bonchev–Trinajstić information content (AvgIpc) is 2.15. The molecule has 0 atom stereocenters. The summed E-state index contributed by atoms with van der Waals surface area (Å²) in [5.41, 5.74) is 1.29.